The summed E-state index contributed by atoms with van der Waals surface area (Å²) in [7, 11) is 0. The zero-order chi connectivity index (χ0) is 18.4. The van der Waals surface area contributed by atoms with Crippen LogP contribution in [0, 0.1) is 0 Å². The molecule has 0 spiro atoms. The third kappa shape index (κ3) is 11.0. The smallest absolute Gasteiger partial charge is 0.333 e. The van der Waals surface area contributed by atoms with E-state index < -0.39 is 11.9 Å². The fourth-order valence-electron chi connectivity index (χ4n) is 1.29. The number of esters is 1. The monoisotopic (exact) mass is 332 g/mol. The number of rotatable bonds is 7. The van der Waals surface area contributed by atoms with Gasteiger partial charge >= 0.3 is 11.9 Å². The number of hydrogen-bond donors (Lipinski definition) is 2. The molecule has 130 valence electrons. The number of carboxylic acids is 1. The van der Waals surface area contributed by atoms with Gasteiger partial charge < -0.3 is 14.9 Å². The summed E-state index contributed by atoms with van der Waals surface area (Å²) in [5.74, 6) is -1.28. The highest BCUT2D eigenvalue weighted by atomic mass is 16.5. The zero-order valence-corrected chi connectivity index (χ0v) is 14.1. The molecule has 0 heterocycles. The maximum absolute atomic E-state index is 10.6. The van der Waals surface area contributed by atoms with Gasteiger partial charge in [-0.05, 0) is 19.4 Å². The van der Waals surface area contributed by atoms with Crippen molar-refractivity contribution in [1.29, 1.82) is 0 Å². The van der Waals surface area contributed by atoms with E-state index in [1.54, 1.807) is 26.0 Å². The average Bonchev–Trinajstić information content (AvgIpc) is 2.56. The van der Waals surface area contributed by atoms with Gasteiger partial charge in [0.2, 0.25) is 0 Å². The van der Waals surface area contributed by atoms with Gasteiger partial charge in [0, 0.05) is 24.2 Å². The predicted molar refractivity (Wildman–Crippen MR) is 94.3 cm³/mol. The van der Waals surface area contributed by atoms with Gasteiger partial charge in [-0.1, -0.05) is 55.1 Å². The summed E-state index contributed by atoms with van der Waals surface area (Å²) < 4.78 is 4.65. The van der Waals surface area contributed by atoms with Crippen LogP contribution < -0.4 is 0 Å². The first-order chi connectivity index (χ1) is 11.4. The van der Waals surface area contributed by atoms with Crippen molar-refractivity contribution in [1.82, 2.24) is 0 Å². The van der Waals surface area contributed by atoms with E-state index in [-0.39, 0.29) is 13.2 Å². The summed E-state index contributed by atoms with van der Waals surface area (Å²) >= 11 is 0. The van der Waals surface area contributed by atoms with Crippen molar-refractivity contribution in [3.63, 3.8) is 0 Å². The van der Waals surface area contributed by atoms with Crippen molar-refractivity contribution >= 4 is 18.0 Å². The van der Waals surface area contributed by atoms with Crippen molar-refractivity contribution in [3.05, 3.63) is 65.8 Å². The number of hydrogen-bond acceptors (Lipinski definition) is 4. The van der Waals surface area contributed by atoms with Gasteiger partial charge in [-0.3, -0.25) is 0 Å². The summed E-state index contributed by atoms with van der Waals surface area (Å²) in [4.78, 5) is 21.1. The summed E-state index contributed by atoms with van der Waals surface area (Å²) in [5, 5.41) is 16.9. The Balaban J connectivity index is 0.000000470. The number of benzene rings is 1. The highest BCUT2D eigenvalue weighted by molar-refractivity contribution is 5.87. The Hall–Kier alpha value is -2.66. The molecule has 0 radical (unpaired) electrons. The number of aliphatic hydroxyl groups is 1. The Morgan fingerprint density at radius 1 is 1.21 bits per heavy atom. The van der Waals surface area contributed by atoms with Gasteiger partial charge in [-0.15, -0.1) is 0 Å². The lowest BCUT2D eigenvalue weighted by Crippen LogP contribution is -2.06. The standard InChI is InChI=1S/C12H12O2.C7H12O3/c1-10(12(13)14)6-5-9-11-7-3-2-4-8-11;1-6(2)7(9)10-5-3-4-8/h2-9H,1H3,(H,13,14);8H,1,3-5H2,2H3. The van der Waals surface area contributed by atoms with Gasteiger partial charge in [0.15, 0.2) is 0 Å². The molecule has 5 nitrogen and oxygen atoms in total. The lowest BCUT2D eigenvalue weighted by atomic mass is 10.2. The van der Waals surface area contributed by atoms with E-state index in [1.165, 1.54) is 0 Å². The van der Waals surface area contributed by atoms with E-state index in [4.69, 9.17) is 10.2 Å². The SMILES string of the molecule is C=C(C)C(=O)OCCCO.CC(=CC=Cc1ccccc1)C(=O)O. The summed E-state index contributed by atoms with van der Waals surface area (Å²) in [6, 6.07) is 9.73. The molecule has 0 aliphatic rings. The average molecular weight is 332 g/mol. The minimum absolute atomic E-state index is 0.0451. The van der Waals surface area contributed by atoms with Crippen LogP contribution in [0.1, 0.15) is 25.8 Å². The Kier molecular flexibility index (Phi) is 11.4. The first kappa shape index (κ1) is 21.3. The lowest BCUT2D eigenvalue weighted by molar-refractivity contribution is -0.139. The van der Waals surface area contributed by atoms with E-state index in [0.717, 1.165) is 5.56 Å². The van der Waals surface area contributed by atoms with Gasteiger partial charge in [0.1, 0.15) is 0 Å². The molecule has 0 bridgehead atoms. The van der Waals surface area contributed by atoms with Crippen molar-refractivity contribution in [2.45, 2.75) is 20.3 Å². The largest absolute Gasteiger partial charge is 0.478 e. The normalized spacial score (nSPS) is 10.7. The number of aliphatic hydroxyl groups excluding tert-OH is 1. The Morgan fingerprint density at radius 3 is 2.33 bits per heavy atom. The number of allylic oxidation sites excluding steroid dienone is 2. The maximum Gasteiger partial charge on any atom is 0.333 e. The Morgan fingerprint density at radius 2 is 1.83 bits per heavy atom. The second-order valence-electron chi connectivity index (χ2n) is 4.92. The molecular weight excluding hydrogens is 308 g/mol. The molecule has 1 aromatic carbocycles. The van der Waals surface area contributed by atoms with Gasteiger partial charge in [0.25, 0.3) is 0 Å². The van der Waals surface area contributed by atoms with Crippen LogP contribution in [0.4, 0.5) is 0 Å². The number of carboxylic acid groups (broad SMARTS) is 1. The van der Waals surface area contributed by atoms with Crippen LogP contribution in [0.3, 0.4) is 0 Å². The molecule has 0 fully saturated rings. The minimum Gasteiger partial charge on any atom is -0.478 e. The number of carbonyl (C=O) groups is 2. The molecule has 5 heteroatoms. The van der Waals surface area contributed by atoms with Crippen molar-refractivity contribution in [3.8, 4) is 0 Å². The fraction of sp³-hybridized carbons (Fsp3) is 0.263. The van der Waals surface area contributed by atoms with Crippen molar-refractivity contribution in [2.24, 2.45) is 0 Å². The van der Waals surface area contributed by atoms with Gasteiger partial charge in [-0.25, -0.2) is 9.59 Å². The Bertz CT molecular complexity index is 585. The molecule has 0 aliphatic carbocycles. The predicted octanol–water partition coefficient (Wildman–Crippen LogP) is 3.22. The van der Waals surface area contributed by atoms with E-state index in [1.807, 2.05) is 36.4 Å². The number of carbonyl (C=O) groups excluding carboxylic acids is 1. The quantitative estimate of drug-likeness (QED) is 0.347. The molecule has 24 heavy (non-hydrogen) atoms. The van der Waals surface area contributed by atoms with Crippen LogP contribution in [-0.2, 0) is 14.3 Å². The van der Waals surface area contributed by atoms with E-state index in [9.17, 15) is 9.59 Å². The van der Waals surface area contributed by atoms with Crippen LogP contribution in [0.5, 0.6) is 0 Å². The van der Waals surface area contributed by atoms with Crippen molar-refractivity contribution < 1.29 is 24.5 Å². The molecule has 1 aromatic rings. The number of aliphatic carboxylic acids is 1. The van der Waals surface area contributed by atoms with Crippen LogP contribution in [-0.4, -0.2) is 35.4 Å². The van der Waals surface area contributed by atoms with Crippen LogP contribution in [0.2, 0.25) is 0 Å². The molecule has 0 atom stereocenters. The van der Waals surface area contributed by atoms with Crippen molar-refractivity contribution in [2.75, 3.05) is 13.2 Å². The third-order valence-electron chi connectivity index (χ3n) is 2.66. The molecular formula is C19H24O5. The van der Waals surface area contributed by atoms with Gasteiger partial charge in [0.05, 0.1) is 6.61 Å². The third-order valence-corrected chi connectivity index (χ3v) is 2.66. The fourth-order valence-corrected chi connectivity index (χ4v) is 1.29. The lowest BCUT2D eigenvalue weighted by Gasteiger charge is -2.00. The molecule has 2 N–H and O–H groups in total. The highest BCUT2D eigenvalue weighted by Crippen LogP contribution is 2.02. The first-order valence-electron chi connectivity index (χ1n) is 7.45. The van der Waals surface area contributed by atoms with E-state index in [0.29, 0.717) is 17.6 Å². The second-order valence-corrected chi connectivity index (χ2v) is 4.92. The van der Waals surface area contributed by atoms with Gasteiger partial charge in [-0.2, -0.15) is 0 Å². The summed E-state index contributed by atoms with van der Waals surface area (Å²) in [6.45, 7) is 6.86. The van der Waals surface area contributed by atoms with E-state index >= 15 is 0 Å². The molecule has 0 saturated heterocycles. The first-order valence-corrected chi connectivity index (χ1v) is 7.45. The van der Waals surface area contributed by atoms with Crippen LogP contribution in [0.25, 0.3) is 6.08 Å². The molecule has 0 aromatic heterocycles. The molecule has 0 amide bonds. The minimum atomic E-state index is -0.886. The molecule has 1 rings (SSSR count). The van der Waals surface area contributed by atoms with E-state index in [2.05, 4.69) is 11.3 Å². The highest BCUT2D eigenvalue weighted by Gasteiger charge is 2.00. The molecule has 0 saturated carbocycles. The zero-order valence-electron chi connectivity index (χ0n) is 14.1. The summed E-state index contributed by atoms with van der Waals surface area (Å²) in [5.41, 5.74) is 1.78. The number of ether oxygens (including phenoxy) is 1. The topological polar surface area (TPSA) is 83.8 Å². The maximum atomic E-state index is 10.6. The van der Waals surface area contributed by atoms with Crippen LogP contribution in [0.15, 0.2) is 60.2 Å². The summed E-state index contributed by atoms with van der Waals surface area (Å²) in [6.07, 6.45) is 5.67. The Labute approximate surface area is 142 Å². The molecule has 0 unspecified atom stereocenters. The molecule has 0 aliphatic heterocycles. The second kappa shape index (κ2) is 12.8. The van der Waals surface area contributed by atoms with Crippen LogP contribution >= 0.6 is 0 Å².